The number of nitrogens with one attached hydrogen (secondary N) is 2. The number of halogens is 1. The van der Waals surface area contributed by atoms with Crippen LogP contribution < -0.4 is 10.6 Å². The van der Waals surface area contributed by atoms with Gasteiger partial charge in [-0.1, -0.05) is 0 Å². The van der Waals surface area contributed by atoms with Gasteiger partial charge in [0.2, 0.25) is 0 Å². The number of anilines is 1. The van der Waals surface area contributed by atoms with E-state index >= 15 is 0 Å². The molecule has 4 nitrogen and oxygen atoms in total. The summed E-state index contributed by atoms with van der Waals surface area (Å²) >= 11 is 3.42. The van der Waals surface area contributed by atoms with Gasteiger partial charge in [-0.15, -0.1) is 0 Å². The fraction of sp³-hybridized carbons (Fsp3) is 0.500. The number of pyridine rings is 1. The van der Waals surface area contributed by atoms with Gasteiger partial charge < -0.3 is 15.4 Å². The van der Waals surface area contributed by atoms with Crippen LogP contribution in [-0.2, 0) is 4.74 Å². The molecule has 0 radical (unpaired) electrons. The smallest absolute Gasteiger partial charge is 0.0590 e. The second-order valence-electron chi connectivity index (χ2n) is 3.03. The van der Waals surface area contributed by atoms with Crippen molar-refractivity contribution in [3.63, 3.8) is 0 Å². The van der Waals surface area contributed by atoms with Crippen LogP contribution in [0.15, 0.2) is 22.9 Å². The van der Waals surface area contributed by atoms with E-state index in [4.69, 9.17) is 4.74 Å². The summed E-state index contributed by atoms with van der Waals surface area (Å²) in [5.41, 5.74) is 1.07. The Labute approximate surface area is 98.6 Å². The van der Waals surface area contributed by atoms with Gasteiger partial charge in [-0.3, -0.25) is 4.98 Å². The van der Waals surface area contributed by atoms with Gasteiger partial charge in [0.25, 0.3) is 0 Å². The van der Waals surface area contributed by atoms with Crippen LogP contribution in [0, 0.1) is 0 Å². The zero-order chi connectivity index (χ0) is 10.9. The molecule has 1 aromatic rings. The number of hydrogen-bond acceptors (Lipinski definition) is 4. The zero-order valence-electron chi connectivity index (χ0n) is 8.79. The lowest BCUT2D eigenvalue weighted by Crippen LogP contribution is -2.25. The summed E-state index contributed by atoms with van der Waals surface area (Å²) < 4.78 is 5.91. The van der Waals surface area contributed by atoms with E-state index in [1.807, 2.05) is 6.07 Å². The maximum absolute atomic E-state index is 4.93. The zero-order valence-corrected chi connectivity index (χ0v) is 10.4. The summed E-state index contributed by atoms with van der Waals surface area (Å²) in [5, 5.41) is 6.56. The standard InChI is InChI=1S/C10H16BrN3O/c1-15-7-6-12-4-5-14-10-2-3-13-8-9(10)11/h2-3,8,12H,4-7H2,1H3,(H,13,14). The molecule has 0 aromatic carbocycles. The van der Waals surface area contributed by atoms with Crippen molar-refractivity contribution in [2.24, 2.45) is 0 Å². The number of aromatic nitrogens is 1. The van der Waals surface area contributed by atoms with Gasteiger partial charge in [-0.2, -0.15) is 0 Å². The van der Waals surface area contributed by atoms with Crippen LogP contribution in [0.1, 0.15) is 0 Å². The van der Waals surface area contributed by atoms with E-state index in [1.165, 1.54) is 0 Å². The number of methoxy groups -OCH3 is 1. The first kappa shape index (κ1) is 12.4. The summed E-state index contributed by atoms with van der Waals surface area (Å²) in [6.07, 6.45) is 3.55. The molecule has 0 unspecified atom stereocenters. The van der Waals surface area contributed by atoms with E-state index in [2.05, 4.69) is 31.5 Å². The average Bonchev–Trinajstić information content (AvgIpc) is 2.25. The molecule has 0 aliphatic rings. The van der Waals surface area contributed by atoms with Gasteiger partial charge in [-0.25, -0.2) is 0 Å². The molecule has 0 aliphatic carbocycles. The maximum Gasteiger partial charge on any atom is 0.0590 e. The first-order valence-electron chi connectivity index (χ1n) is 4.87. The Morgan fingerprint density at radius 1 is 1.40 bits per heavy atom. The molecule has 0 atom stereocenters. The highest BCUT2D eigenvalue weighted by Gasteiger charge is 1.96. The lowest BCUT2D eigenvalue weighted by Gasteiger charge is -2.08. The maximum atomic E-state index is 4.93. The van der Waals surface area contributed by atoms with E-state index in [0.717, 1.165) is 36.4 Å². The Balaban J connectivity index is 2.12. The summed E-state index contributed by atoms with van der Waals surface area (Å²) in [4.78, 5) is 3.99. The van der Waals surface area contributed by atoms with Crippen LogP contribution >= 0.6 is 15.9 Å². The van der Waals surface area contributed by atoms with Crippen LogP contribution in [0.25, 0.3) is 0 Å². The number of hydrogen-bond donors (Lipinski definition) is 2. The van der Waals surface area contributed by atoms with Crippen LogP contribution in [0.4, 0.5) is 5.69 Å². The van der Waals surface area contributed by atoms with Gasteiger partial charge in [0.1, 0.15) is 0 Å². The minimum atomic E-state index is 0.749. The van der Waals surface area contributed by atoms with Crippen LogP contribution in [0.2, 0.25) is 0 Å². The van der Waals surface area contributed by atoms with E-state index in [1.54, 1.807) is 19.5 Å². The fourth-order valence-corrected chi connectivity index (χ4v) is 1.49. The molecule has 1 heterocycles. The molecule has 0 fully saturated rings. The Kier molecular flexibility index (Phi) is 6.31. The largest absolute Gasteiger partial charge is 0.383 e. The van der Waals surface area contributed by atoms with E-state index in [0.29, 0.717) is 0 Å². The molecule has 0 amide bonds. The monoisotopic (exact) mass is 273 g/mol. The third-order valence-electron chi connectivity index (χ3n) is 1.87. The van der Waals surface area contributed by atoms with Gasteiger partial charge in [0.05, 0.1) is 16.8 Å². The second kappa shape index (κ2) is 7.62. The van der Waals surface area contributed by atoms with Crippen molar-refractivity contribution < 1.29 is 4.74 Å². The molecule has 84 valence electrons. The van der Waals surface area contributed by atoms with Gasteiger partial charge in [0, 0.05) is 39.1 Å². The molecular weight excluding hydrogens is 258 g/mol. The van der Waals surface area contributed by atoms with Crippen molar-refractivity contribution in [3.8, 4) is 0 Å². The molecule has 2 N–H and O–H groups in total. The molecule has 0 spiro atoms. The predicted octanol–water partition coefficient (Wildman–Crippen LogP) is 1.49. The molecular formula is C10H16BrN3O. The Hall–Kier alpha value is -0.650. The number of nitrogens with zero attached hydrogens (tertiary/aromatic N) is 1. The third-order valence-corrected chi connectivity index (χ3v) is 2.50. The Morgan fingerprint density at radius 2 is 2.27 bits per heavy atom. The topological polar surface area (TPSA) is 46.2 Å². The lowest BCUT2D eigenvalue weighted by atomic mass is 10.4. The summed E-state index contributed by atoms with van der Waals surface area (Å²) in [6, 6.07) is 1.94. The summed E-state index contributed by atoms with van der Waals surface area (Å²) in [7, 11) is 1.70. The quantitative estimate of drug-likeness (QED) is 0.740. The van der Waals surface area contributed by atoms with E-state index < -0.39 is 0 Å². The van der Waals surface area contributed by atoms with E-state index in [9.17, 15) is 0 Å². The highest BCUT2D eigenvalue weighted by molar-refractivity contribution is 9.10. The highest BCUT2D eigenvalue weighted by Crippen LogP contribution is 2.19. The SMILES string of the molecule is COCCNCCNc1ccncc1Br. The van der Waals surface area contributed by atoms with Crippen molar-refractivity contribution in [2.75, 3.05) is 38.7 Å². The average molecular weight is 274 g/mol. The van der Waals surface area contributed by atoms with Crippen LogP contribution in [0.5, 0.6) is 0 Å². The van der Waals surface area contributed by atoms with Crippen LogP contribution in [0.3, 0.4) is 0 Å². The van der Waals surface area contributed by atoms with Crippen molar-refractivity contribution in [1.29, 1.82) is 0 Å². The fourth-order valence-electron chi connectivity index (χ4n) is 1.10. The highest BCUT2D eigenvalue weighted by atomic mass is 79.9. The third kappa shape index (κ3) is 5.11. The Morgan fingerprint density at radius 3 is 3.00 bits per heavy atom. The van der Waals surface area contributed by atoms with Crippen molar-refractivity contribution in [1.82, 2.24) is 10.3 Å². The predicted molar refractivity (Wildman–Crippen MR) is 65.2 cm³/mol. The second-order valence-corrected chi connectivity index (χ2v) is 3.88. The van der Waals surface area contributed by atoms with Crippen molar-refractivity contribution in [3.05, 3.63) is 22.9 Å². The van der Waals surface area contributed by atoms with Crippen molar-refractivity contribution >= 4 is 21.6 Å². The molecule has 0 bridgehead atoms. The van der Waals surface area contributed by atoms with Gasteiger partial charge >= 0.3 is 0 Å². The molecule has 0 saturated heterocycles. The van der Waals surface area contributed by atoms with Crippen LogP contribution in [-0.4, -0.2) is 38.3 Å². The first-order chi connectivity index (χ1) is 7.34. The van der Waals surface area contributed by atoms with Gasteiger partial charge in [0.15, 0.2) is 0 Å². The number of ether oxygens (including phenoxy) is 1. The Bertz CT molecular complexity index is 283. The van der Waals surface area contributed by atoms with Gasteiger partial charge in [-0.05, 0) is 22.0 Å². The van der Waals surface area contributed by atoms with E-state index in [-0.39, 0.29) is 0 Å². The molecule has 1 rings (SSSR count). The first-order valence-corrected chi connectivity index (χ1v) is 5.67. The van der Waals surface area contributed by atoms with Crippen molar-refractivity contribution in [2.45, 2.75) is 0 Å². The minimum absolute atomic E-state index is 0.749. The normalized spacial score (nSPS) is 10.3. The molecule has 1 aromatic heterocycles. The summed E-state index contributed by atoms with van der Waals surface area (Å²) in [5.74, 6) is 0. The lowest BCUT2D eigenvalue weighted by molar-refractivity contribution is 0.200. The molecule has 5 heteroatoms. The number of rotatable bonds is 7. The minimum Gasteiger partial charge on any atom is -0.383 e. The molecule has 0 saturated carbocycles. The summed E-state index contributed by atoms with van der Waals surface area (Å²) in [6.45, 7) is 3.43. The molecule has 15 heavy (non-hydrogen) atoms. The molecule has 0 aliphatic heterocycles.